The predicted octanol–water partition coefficient (Wildman–Crippen LogP) is 6.84. The average molecular weight is 633 g/mol. The Hall–Kier alpha value is -3.07. The molecule has 226 valence electrons. The maximum absolute atomic E-state index is 14.3. The third-order valence-corrected chi connectivity index (χ3v) is 9.62. The van der Waals surface area contributed by atoms with Gasteiger partial charge in [0.2, 0.25) is 11.8 Å². The number of aryl methyl sites for hydroxylation is 3. The van der Waals surface area contributed by atoms with Crippen LogP contribution in [-0.2, 0) is 26.2 Å². The molecule has 10 heteroatoms. The molecule has 0 fully saturated rings. The molecule has 0 aromatic heterocycles. The number of nitrogens with zero attached hydrogens (tertiary/aromatic N) is 2. The fraction of sp³-hybridized carbons (Fsp3) is 0.375. The summed E-state index contributed by atoms with van der Waals surface area (Å²) in [6.45, 7) is 10.7. The van der Waals surface area contributed by atoms with E-state index in [9.17, 15) is 18.0 Å². The van der Waals surface area contributed by atoms with Gasteiger partial charge in [-0.3, -0.25) is 13.9 Å². The van der Waals surface area contributed by atoms with E-state index in [1.165, 1.54) is 17.0 Å². The van der Waals surface area contributed by atoms with Crippen molar-refractivity contribution in [2.75, 3.05) is 10.8 Å². The van der Waals surface area contributed by atoms with Gasteiger partial charge in [-0.1, -0.05) is 72.9 Å². The first-order chi connectivity index (χ1) is 19.8. The van der Waals surface area contributed by atoms with Crippen molar-refractivity contribution < 1.29 is 18.0 Å². The van der Waals surface area contributed by atoms with Gasteiger partial charge in [0.25, 0.3) is 10.0 Å². The fourth-order valence-corrected chi connectivity index (χ4v) is 6.47. The van der Waals surface area contributed by atoms with Crippen molar-refractivity contribution in [3.05, 3.63) is 93.0 Å². The van der Waals surface area contributed by atoms with Gasteiger partial charge in [0.15, 0.2) is 0 Å². The molecule has 3 aromatic carbocycles. The van der Waals surface area contributed by atoms with Crippen LogP contribution in [0.25, 0.3) is 0 Å². The van der Waals surface area contributed by atoms with Gasteiger partial charge in [0, 0.05) is 22.6 Å². The Bertz CT molecular complexity index is 1530. The summed E-state index contributed by atoms with van der Waals surface area (Å²) in [6.07, 6.45) is 1.03. The SMILES string of the molecule is CC[C@H](C)NC(=O)[C@H](CC)N(Cc1ccc(Cl)cc1Cl)C(=O)CN(c1cc(C)ccc1C)S(=O)(=O)c1ccc(C)cc1. The van der Waals surface area contributed by atoms with Crippen molar-refractivity contribution in [3.63, 3.8) is 0 Å². The van der Waals surface area contributed by atoms with E-state index in [2.05, 4.69) is 5.32 Å². The molecular formula is C32H39Cl2N3O4S. The Kier molecular flexibility index (Phi) is 11.5. The largest absolute Gasteiger partial charge is 0.352 e. The highest BCUT2D eigenvalue weighted by molar-refractivity contribution is 7.92. The zero-order valence-corrected chi connectivity index (χ0v) is 27.3. The highest BCUT2D eigenvalue weighted by atomic mass is 35.5. The number of benzene rings is 3. The Morgan fingerprint density at radius 3 is 2.12 bits per heavy atom. The number of carbonyl (C=O) groups excluding carboxylic acids is 2. The molecule has 0 spiro atoms. The van der Waals surface area contributed by atoms with Gasteiger partial charge in [0.05, 0.1) is 10.6 Å². The standard InChI is InChI=1S/C32H39Cl2N3O4S/c1-7-24(6)35-32(39)29(8-2)36(19-25-13-14-26(33)18-28(25)34)31(38)20-37(30-17-22(4)9-12-23(30)5)42(40,41)27-15-10-21(3)11-16-27/h9-18,24,29H,7-8,19-20H2,1-6H3,(H,35,39)/t24-,29-/m0/s1. The van der Waals surface area contributed by atoms with E-state index in [1.807, 2.05) is 46.8 Å². The van der Waals surface area contributed by atoms with Crippen LogP contribution in [0.4, 0.5) is 5.69 Å². The Morgan fingerprint density at radius 1 is 0.881 bits per heavy atom. The molecule has 0 heterocycles. The second-order valence-electron chi connectivity index (χ2n) is 10.6. The van der Waals surface area contributed by atoms with Gasteiger partial charge >= 0.3 is 0 Å². The summed E-state index contributed by atoms with van der Waals surface area (Å²) in [4.78, 5) is 29.2. The first-order valence-corrected chi connectivity index (χ1v) is 16.2. The number of amides is 2. The first kappa shape index (κ1) is 33.4. The average Bonchev–Trinajstić information content (AvgIpc) is 2.94. The first-order valence-electron chi connectivity index (χ1n) is 14.0. The van der Waals surface area contributed by atoms with E-state index in [1.54, 1.807) is 43.3 Å². The number of halogens is 2. The van der Waals surface area contributed by atoms with E-state index >= 15 is 0 Å². The van der Waals surface area contributed by atoms with Gasteiger partial charge in [0.1, 0.15) is 12.6 Å². The van der Waals surface area contributed by atoms with Crippen LogP contribution in [0.2, 0.25) is 10.0 Å². The lowest BCUT2D eigenvalue weighted by Gasteiger charge is -2.34. The number of anilines is 1. The fourth-order valence-electron chi connectivity index (χ4n) is 4.53. The molecule has 0 radical (unpaired) electrons. The number of hydrogen-bond acceptors (Lipinski definition) is 4. The van der Waals surface area contributed by atoms with Gasteiger partial charge in [-0.05, 0) is 87.6 Å². The third kappa shape index (κ3) is 8.06. The minimum absolute atomic E-state index is 0.00745. The van der Waals surface area contributed by atoms with E-state index in [4.69, 9.17) is 23.2 Å². The van der Waals surface area contributed by atoms with E-state index < -0.39 is 28.5 Å². The molecular weight excluding hydrogens is 593 g/mol. The second-order valence-corrected chi connectivity index (χ2v) is 13.3. The molecule has 2 amide bonds. The highest BCUT2D eigenvalue weighted by Gasteiger charge is 2.34. The van der Waals surface area contributed by atoms with Crippen LogP contribution in [0, 0.1) is 20.8 Å². The van der Waals surface area contributed by atoms with Crippen LogP contribution < -0.4 is 9.62 Å². The zero-order valence-electron chi connectivity index (χ0n) is 24.9. The number of rotatable bonds is 12. The van der Waals surface area contributed by atoms with Gasteiger partial charge in [-0.15, -0.1) is 0 Å². The van der Waals surface area contributed by atoms with Crippen LogP contribution in [0.3, 0.4) is 0 Å². The molecule has 0 aliphatic heterocycles. The van der Waals surface area contributed by atoms with E-state index in [0.29, 0.717) is 39.7 Å². The quantitative estimate of drug-likeness (QED) is 0.237. The third-order valence-electron chi connectivity index (χ3n) is 7.26. The highest BCUT2D eigenvalue weighted by Crippen LogP contribution is 2.29. The molecule has 0 aliphatic carbocycles. The maximum atomic E-state index is 14.3. The van der Waals surface area contributed by atoms with Crippen LogP contribution in [0.15, 0.2) is 65.6 Å². The smallest absolute Gasteiger partial charge is 0.264 e. The molecule has 2 atom stereocenters. The molecule has 42 heavy (non-hydrogen) atoms. The van der Waals surface area contributed by atoms with Crippen molar-refractivity contribution >= 4 is 50.7 Å². The number of carbonyl (C=O) groups is 2. The Balaban J connectivity index is 2.12. The summed E-state index contributed by atoms with van der Waals surface area (Å²) in [6, 6.07) is 16.0. The Labute approximate surface area is 259 Å². The number of hydrogen-bond donors (Lipinski definition) is 1. The lowest BCUT2D eigenvalue weighted by molar-refractivity contribution is -0.140. The molecule has 0 aliphatic rings. The van der Waals surface area contributed by atoms with E-state index in [0.717, 1.165) is 15.4 Å². The molecule has 3 aromatic rings. The van der Waals surface area contributed by atoms with Crippen LogP contribution in [0.1, 0.15) is 55.9 Å². The van der Waals surface area contributed by atoms with Crippen molar-refractivity contribution in [1.82, 2.24) is 10.2 Å². The molecule has 0 unspecified atom stereocenters. The molecule has 0 saturated carbocycles. The van der Waals surface area contributed by atoms with Gasteiger partial charge < -0.3 is 10.2 Å². The molecule has 1 N–H and O–H groups in total. The van der Waals surface area contributed by atoms with Crippen LogP contribution in [-0.4, -0.2) is 43.8 Å². The molecule has 0 bridgehead atoms. The predicted molar refractivity (Wildman–Crippen MR) is 171 cm³/mol. The maximum Gasteiger partial charge on any atom is 0.264 e. The summed E-state index contributed by atoms with van der Waals surface area (Å²) in [5, 5.41) is 3.75. The number of nitrogens with one attached hydrogen (secondary N) is 1. The van der Waals surface area contributed by atoms with Gasteiger partial charge in [-0.2, -0.15) is 0 Å². The van der Waals surface area contributed by atoms with Crippen molar-refractivity contribution in [1.29, 1.82) is 0 Å². The normalized spacial score (nSPS) is 12.9. The molecule has 0 saturated heterocycles. The zero-order chi connectivity index (χ0) is 31.2. The summed E-state index contributed by atoms with van der Waals surface area (Å²) >= 11 is 12.6. The summed E-state index contributed by atoms with van der Waals surface area (Å²) < 4.78 is 29.4. The van der Waals surface area contributed by atoms with Crippen LogP contribution in [0.5, 0.6) is 0 Å². The minimum atomic E-state index is -4.16. The monoisotopic (exact) mass is 631 g/mol. The van der Waals surface area contributed by atoms with Crippen molar-refractivity contribution in [2.24, 2.45) is 0 Å². The lowest BCUT2D eigenvalue weighted by atomic mass is 10.1. The summed E-state index contributed by atoms with van der Waals surface area (Å²) in [5.41, 5.74) is 3.43. The lowest BCUT2D eigenvalue weighted by Crippen LogP contribution is -2.53. The molecule has 3 rings (SSSR count). The van der Waals surface area contributed by atoms with Crippen molar-refractivity contribution in [2.45, 2.75) is 77.9 Å². The summed E-state index contributed by atoms with van der Waals surface area (Å²) in [7, 11) is -4.16. The van der Waals surface area contributed by atoms with E-state index in [-0.39, 0.29) is 23.4 Å². The topological polar surface area (TPSA) is 86.8 Å². The molecule has 7 nitrogen and oxygen atoms in total. The van der Waals surface area contributed by atoms with Crippen LogP contribution >= 0.6 is 23.2 Å². The van der Waals surface area contributed by atoms with Gasteiger partial charge in [-0.25, -0.2) is 8.42 Å². The summed E-state index contributed by atoms with van der Waals surface area (Å²) in [5.74, 6) is -0.853. The minimum Gasteiger partial charge on any atom is -0.352 e. The second kappa shape index (κ2) is 14.4. The van der Waals surface area contributed by atoms with Crippen molar-refractivity contribution in [3.8, 4) is 0 Å². The number of sulfonamides is 1. The Morgan fingerprint density at radius 2 is 1.52 bits per heavy atom.